The van der Waals surface area contributed by atoms with Crippen molar-refractivity contribution in [3.8, 4) is 0 Å². The minimum Gasteiger partial charge on any atom is -0.400 e. The zero-order valence-corrected chi connectivity index (χ0v) is 10.1. The Morgan fingerprint density at radius 1 is 0.882 bits per heavy atom. The molecule has 0 atom stereocenters. The molecule has 2 aromatic rings. The van der Waals surface area contributed by atoms with Gasteiger partial charge in [-0.2, -0.15) is 0 Å². The number of ketones is 1. The Morgan fingerprint density at radius 2 is 1.41 bits per heavy atom. The molecule has 0 unspecified atom stereocenters. The number of carbonyl (C=O) groups is 1. The van der Waals surface area contributed by atoms with Crippen LogP contribution in [-0.4, -0.2) is 18.0 Å². The summed E-state index contributed by atoms with van der Waals surface area (Å²) in [6.45, 7) is 1.95. The first kappa shape index (κ1) is 13.1. The highest BCUT2D eigenvalue weighted by molar-refractivity contribution is 6.09. The number of aliphatic hydroxyl groups is 1. The minimum absolute atomic E-state index is 0.0914. The Kier molecular flexibility index (Phi) is 5.11. The smallest absolute Gasteiger partial charge is 0.193 e. The van der Waals surface area contributed by atoms with Crippen molar-refractivity contribution in [2.75, 3.05) is 7.11 Å². The second-order valence-corrected chi connectivity index (χ2v) is 3.51. The Hall–Kier alpha value is -1.93. The molecular weight excluding hydrogens is 212 g/mol. The Morgan fingerprint density at radius 3 is 2.00 bits per heavy atom. The van der Waals surface area contributed by atoms with Crippen molar-refractivity contribution in [3.63, 3.8) is 0 Å². The van der Waals surface area contributed by atoms with E-state index in [0.717, 1.165) is 23.8 Å². The lowest BCUT2D eigenvalue weighted by atomic mass is 9.99. The van der Waals surface area contributed by atoms with Crippen LogP contribution < -0.4 is 0 Å². The predicted molar refractivity (Wildman–Crippen MR) is 69.2 cm³/mol. The average molecular weight is 228 g/mol. The van der Waals surface area contributed by atoms with Crippen molar-refractivity contribution in [1.29, 1.82) is 0 Å². The van der Waals surface area contributed by atoms with Gasteiger partial charge in [0.25, 0.3) is 0 Å². The molecule has 0 amide bonds. The van der Waals surface area contributed by atoms with E-state index < -0.39 is 0 Å². The molecule has 0 fully saturated rings. The van der Waals surface area contributed by atoms with Gasteiger partial charge in [0.1, 0.15) is 0 Å². The zero-order chi connectivity index (χ0) is 12.7. The van der Waals surface area contributed by atoms with Crippen LogP contribution in [0.15, 0.2) is 54.6 Å². The van der Waals surface area contributed by atoms with Gasteiger partial charge >= 0.3 is 0 Å². The molecular formula is C15H16O2. The largest absolute Gasteiger partial charge is 0.400 e. The highest BCUT2D eigenvalue weighted by Crippen LogP contribution is 2.13. The number of rotatable bonds is 2. The molecule has 0 aliphatic rings. The summed E-state index contributed by atoms with van der Waals surface area (Å²) < 4.78 is 0. The van der Waals surface area contributed by atoms with Crippen LogP contribution in [0.2, 0.25) is 0 Å². The molecule has 2 rings (SSSR count). The predicted octanol–water partition coefficient (Wildman–Crippen LogP) is 2.83. The van der Waals surface area contributed by atoms with Gasteiger partial charge in [-0.3, -0.25) is 4.79 Å². The molecule has 0 aromatic heterocycles. The van der Waals surface area contributed by atoms with E-state index in [4.69, 9.17) is 5.11 Å². The Labute approximate surface area is 102 Å². The van der Waals surface area contributed by atoms with Crippen LogP contribution >= 0.6 is 0 Å². The van der Waals surface area contributed by atoms with E-state index in [1.807, 2.05) is 61.5 Å². The van der Waals surface area contributed by atoms with Crippen molar-refractivity contribution in [3.05, 3.63) is 71.3 Å². The van der Waals surface area contributed by atoms with E-state index in [-0.39, 0.29) is 5.78 Å². The van der Waals surface area contributed by atoms with Gasteiger partial charge in [0.2, 0.25) is 0 Å². The number of carbonyl (C=O) groups excluding carboxylic acids is 1. The fraction of sp³-hybridized carbons (Fsp3) is 0.133. The van der Waals surface area contributed by atoms with Crippen molar-refractivity contribution >= 4 is 5.78 Å². The molecule has 2 aromatic carbocycles. The SMILES string of the molecule is CO.Cc1ccccc1C(=O)c1ccccc1. The molecule has 2 nitrogen and oxygen atoms in total. The summed E-state index contributed by atoms with van der Waals surface area (Å²) in [5.41, 5.74) is 2.54. The monoisotopic (exact) mass is 228 g/mol. The van der Waals surface area contributed by atoms with E-state index in [9.17, 15) is 4.79 Å². The normalized spacial score (nSPS) is 9.12. The van der Waals surface area contributed by atoms with Gasteiger partial charge in [-0.15, -0.1) is 0 Å². The van der Waals surface area contributed by atoms with Crippen molar-refractivity contribution in [1.82, 2.24) is 0 Å². The van der Waals surface area contributed by atoms with Gasteiger partial charge in [0, 0.05) is 18.2 Å². The highest BCUT2D eigenvalue weighted by atomic mass is 16.2. The van der Waals surface area contributed by atoms with Crippen LogP contribution in [0, 0.1) is 6.92 Å². The lowest BCUT2D eigenvalue weighted by Gasteiger charge is -2.03. The number of aryl methyl sites for hydroxylation is 1. The first-order chi connectivity index (χ1) is 8.29. The Balaban J connectivity index is 0.000000686. The fourth-order valence-electron chi connectivity index (χ4n) is 1.57. The van der Waals surface area contributed by atoms with Gasteiger partial charge in [0.15, 0.2) is 5.78 Å². The topological polar surface area (TPSA) is 37.3 Å². The molecule has 0 saturated carbocycles. The molecule has 0 aliphatic carbocycles. The van der Waals surface area contributed by atoms with E-state index in [1.165, 1.54) is 0 Å². The standard InChI is InChI=1S/C14H12O.CH4O/c1-11-7-5-6-10-13(11)14(15)12-8-3-2-4-9-12;1-2/h2-10H,1H3;2H,1H3. The maximum absolute atomic E-state index is 12.1. The second-order valence-electron chi connectivity index (χ2n) is 3.51. The molecule has 0 heterocycles. The summed E-state index contributed by atoms with van der Waals surface area (Å²) in [5, 5.41) is 7.00. The third-order valence-electron chi connectivity index (χ3n) is 2.43. The van der Waals surface area contributed by atoms with E-state index in [2.05, 4.69) is 0 Å². The maximum atomic E-state index is 12.1. The Bertz CT molecular complexity index is 475. The third-order valence-corrected chi connectivity index (χ3v) is 2.43. The van der Waals surface area contributed by atoms with E-state index in [1.54, 1.807) is 0 Å². The van der Waals surface area contributed by atoms with E-state index in [0.29, 0.717) is 0 Å². The molecule has 0 radical (unpaired) electrons. The number of benzene rings is 2. The maximum Gasteiger partial charge on any atom is 0.193 e. The van der Waals surface area contributed by atoms with Crippen LogP contribution in [-0.2, 0) is 0 Å². The quantitative estimate of drug-likeness (QED) is 0.802. The summed E-state index contributed by atoms with van der Waals surface area (Å²) >= 11 is 0. The van der Waals surface area contributed by atoms with Crippen molar-refractivity contribution < 1.29 is 9.90 Å². The van der Waals surface area contributed by atoms with Crippen molar-refractivity contribution in [2.24, 2.45) is 0 Å². The molecule has 0 aliphatic heterocycles. The minimum atomic E-state index is 0.0914. The van der Waals surface area contributed by atoms with E-state index >= 15 is 0 Å². The van der Waals surface area contributed by atoms with Crippen molar-refractivity contribution in [2.45, 2.75) is 6.92 Å². The molecule has 1 N–H and O–H groups in total. The lowest BCUT2D eigenvalue weighted by Crippen LogP contribution is -2.02. The summed E-state index contributed by atoms with van der Waals surface area (Å²) in [7, 11) is 1.00. The second kappa shape index (κ2) is 6.61. The van der Waals surface area contributed by atoms with Gasteiger partial charge in [-0.25, -0.2) is 0 Å². The van der Waals surface area contributed by atoms with Crippen LogP contribution in [0.1, 0.15) is 21.5 Å². The zero-order valence-electron chi connectivity index (χ0n) is 10.1. The summed E-state index contributed by atoms with van der Waals surface area (Å²) in [5.74, 6) is 0.0914. The number of hydrogen-bond donors (Lipinski definition) is 1. The molecule has 0 saturated heterocycles. The molecule has 0 bridgehead atoms. The molecule has 0 spiro atoms. The molecule has 2 heteroatoms. The number of aliphatic hydroxyl groups excluding tert-OH is 1. The number of hydrogen-bond acceptors (Lipinski definition) is 2. The highest BCUT2D eigenvalue weighted by Gasteiger charge is 2.09. The molecule has 88 valence electrons. The lowest BCUT2D eigenvalue weighted by molar-refractivity contribution is 0.103. The van der Waals surface area contributed by atoms with Gasteiger partial charge in [0.05, 0.1) is 0 Å². The van der Waals surface area contributed by atoms with Gasteiger partial charge in [-0.05, 0) is 12.5 Å². The third kappa shape index (κ3) is 3.26. The fourth-order valence-corrected chi connectivity index (χ4v) is 1.57. The summed E-state index contributed by atoms with van der Waals surface area (Å²) in [4.78, 5) is 12.1. The molecule has 17 heavy (non-hydrogen) atoms. The van der Waals surface area contributed by atoms with Gasteiger partial charge in [-0.1, -0.05) is 54.6 Å². The first-order valence-electron chi connectivity index (χ1n) is 5.39. The van der Waals surface area contributed by atoms with Crippen LogP contribution in [0.5, 0.6) is 0 Å². The summed E-state index contributed by atoms with van der Waals surface area (Å²) in [6, 6.07) is 17.0. The van der Waals surface area contributed by atoms with Crippen LogP contribution in [0.25, 0.3) is 0 Å². The van der Waals surface area contributed by atoms with Crippen LogP contribution in [0.4, 0.5) is 0 Å². The van der Waals surface area contributed by atoms with Gasteiger partial charge < -0.3 is 5.11 Å². The van der Waals surface area contributed by atoms with Crippen LogP contribution in [0.3, 0.4) is 0 Å². The first-order valence-corrected chi connectivity index (χ1v) is 5.39. The summed E-state index contributed by atoms with van der Waals surface area (Å²) in [6.07, 6.45) is 0. The average Bonchev–Trinajstić information content (AvgIpc) is 2.42.